The number of amides is 1. The molecule has 160 valence electrons. The molecule has 2 aromatic carbocycles. The van der Waals surface area contributed by atoms with E-state index in [1.807, 2.05) is 12.1 Å². The lowest BCUT2D eigenvalue weighted by atomic mass is 10.0. The molecule has 1 fully saturated rings. The maximum atomic E-state index is 14.3. The number of rotatable bonds is 6. The smallest absolute Gasteiger partial charge is 0.238 e. The Labute approximate surface area is 177 Å². The van der Waals surface area contributed by atoms with E-state index in [0.29, 0.717) is 30.5 Å². The molecule has 1 saturated heterocycles. The third kappa shape index (κ3) is 5.11. The zero-order valence-corrected chi connectivity index (χ0v) is 17.5. The van der Waals surface area contributed by atoms with E-state index in [-0.39, 0.29) is 11.7 Å². The molecule has 2 N–H and O–H groups in total. The van der Waals surface area contributed by atoms with Crippen molar-refractivity contribution < 1.29 is 13.9 Å². The van der Waals surface area contributed by atoms with Crippen LogP contribution >= 0.6 is 0 Å². The van der Waals surface area contributed by atoms with Gasteiger partial charge < -0.3 is 15.4 Å². The molecule has 2 aliphatic rings. The van der Waals surface area contributed by atoms with Crippen LogP contribution in [-0.2, 0) is 17.8 Å². The Morgan fingerprint density at radius 1 is 1.20 bits per heavy atom. The van der Waals surface area contributed by atoms with Gasteiger partial charge in [0.1, 0.15) is 11.6 Å². The van der Waals surface area contributed by atoms with Crippen LogP contribution in [0.3, 0.4) is 0 Å². The molecule has 0 radical (unpaired) electrons. The number of benzene rings is 2. The summed E-state index contributed by atoms with van der Waals surface area (Å²) >= 11 is 0. The minimum Gasteiger partial charge on any atom is -0.493 e. The number of likely N-dealkylation sites (tertiary alicyclic amines) is 1. The number of nitrogens with one attached hydrogen (secondary N) is 2. The Morgan fingerprint density at radius 3 is 2.97 bits per heavy atom. The van der Waals surface area contributed by atoms with Crippen LogP contribution in [-0.4, -0.2) is 36.5 Å². The van der Waals surface area contributed by atoms with Gasteiger partial charge in [-0.15, -0.1) is 0 Å². The highest BCUT2D eigenvalue weighted by Gasteiger charge is 2.20. The number of carbonyl (C=O) groups excluding carboxylic acids is 1. The molecule has 1 atom stereocenters. The summed E-state index contributed by atoms with van der Waals surface area (Å²) in [5, 5.41) is 6.07. The summed E-state index contributed by atoms with van der Waals surface area (Å²) in [6.07, 6.45) is 5.53. The quantitative estimate of drug-likeness (QED) is 0.731. The molecule has 0 aromatic heterocycles. The van der Waals surface area contributed by atoms with Gasteiger partial charge in [0.05, 0.1) is 18.8 Å². The van der Waals surface area contributed by atoms with Gasteiger partial charge in [0.15, 0.2) is 0 Å². The second-order valence-corrected chi connectivity index (χ2v) is 8.31. The van der Waals surface area contributed by atoms with E-state index in [1.165, 1.54) is 18.1 Å². The van der Waals surface area contributed by atoms with Crippen molar-refractivity contribution in [3.05, 3.63) is 53.3 Å². The molecule has 4 rings (SSSR count). The molecular weight excluding hydrogens is 381 g/mol. The lowest BCUT2D eigenvalue weighted by Crippen LogP contribution is -2.42. The molecular formula is C24H30FN3O2. The SMILES string of the molecule is CC1CCCCN1CC(=O)Nc1ccc(F)c(NCc2ccc3c(c2)CCCO3)c1. The summed E-state index contributed by atoms with van der Waals surface area (Å²) in [6, 6.07) is 11.2. The number of fused-ring (bicyclic) bond motifs is 1. The predicted molar refractivity (Wildman–Crippen MR) is 118 cm³/mol. The van der Waals surface area contributed by atoms with Crippen LogP contribution in [0.4, 0.5) is 15.8 Å². The highest BCUT2D eigenvalue weighted by molar-refractivity contribution is 5.92. The number of anilines is 2. The number of nitrogens with zero attached hydrogens (tertiary/aromatic N) is 1. The fourth-order valence-corrected chi connectivity index (χ4v) is 4.24. The molecule has 1 amide bonds. The molecule has 2 aliphatic heterocycles. The Kier molecular flexibility index (Phi) is 6.53. The number of hydrogen-bond donors (Lipinski definition) is 2. The molecule has 0 saturated carbocycles. The number of aryl methyl sites for hydroxylation is 1. The molecule has 0 spiro atoms. The third-order valence-electron chi connectivity index (χ3n) is 5.99. The maximum Gasteiger partial charge on any atom is 0.238 e. The molecule has 2 aromatic rings. The van der Waals surface area contributed by atoms with Crippen LogP contribution < -0.4 is 15.4 Å². The first-order valence-electron chi connectivity index (χ1n) is 10.9. The predicted octanol–water partition coefficient (Wildman–Crippen LogP) is 4.58. The van der Waals surface area contributed by atoms with Gasteiger partial charge in [0, 0.05) is 18.3 Å². The third-order valence-corrected chi connectivity index (χ3v) is 5.99. The van der Waals surface area contributed by atoms with Gasteiger partial charge in [-0.05, 0) is 74.5 Å². The largest absolute Gasteiger partial charge is 0.493 e. The fraction of sp³-hybridized carbons (Fsp3) is 0.458. The first-order chi connectivity index (χ1) is 14.6. The van der Waals surface area contributed by atoms with Gasteiger partial charge in [-0.1, -0.05) is 18.6 Å². The van der Waals surface area contributed by atoms with Crippen LogP contribution in [0, 0.1) is 5.82 Å². The first-order valence-corrected chi connectivity index (χ1v) is 10.9. The van der Waals surface area contributed by atoms with Crippen LogP contribution in [0.5, 0.6) is 5.75 Å². The first kappa shape index (κ1) is 20.7. The highest BCUT2D eigenvalue weighted by Crippen LogP contribution is 2.26. The number of hydrogen-bond acceptors (Lipinski definition) is 4. The monoisotopic (exact) mass is 411 g/mol. The summed E-state index contributed by atoms with van der Waals surface area (Å²) in [6.45, 7) is 4.77. The van der Waals surface area contributed by atoms with Crippen molar-refractivity contribution in [3.8, 4) is 5.75 Å². The Hall–Kier alpha value is -2.60. The molecule has 0 aliphatic carbocycles. The maximum absolute atomic E-state index is 14.3. The zero-order valence-electron chi connectivity index (χ0n) is 17.5. The Balaban J connectivity index is 1.36. The highest BCUT2D eigenvalue weighted by atomic mass is 19.1. The summed E-state index contributed by atoms with van der Waals surface area (Å²) in [4.78, 5) is 14.7. The minimum absolute atomic E-state index is 0.0593. The molecule has 0 bridgehead atoms. The second-order valence-electron chi connectivity index (χ2n) is 8.31. The van der Waals surface area contributed by atoms with E-state index in [9.17, 15) is 9.18 Å². The van der Waals surface area contributed by atoms with E-state index in [2.05, 4.69) is 28.5 Å². The van der Waals surface area contributed by atoms with E-state index >= 15 is 0 Å². The summed E-state index contributed by atoms with van der Waals surface area (Å²) in [7, 11) is 0. The van der Waals surface area contributed by atoms with E-state index in [0.717, 1.165) is 50.1 Å². The number of ether oxygens (including phenoxy) is 1. The topological polar surface area (TPSA) is 53.6 Å². The van der Waals surface area contributed by atoms with Crippen molar-refractivity contribution in [3.63, 3.8) is 0 Å². The summed E-state index contributed by atoms with van der Waals surface area (Å²) in [5.41, 5.74) is 3.27. The van der Waals surface area contributed by atoms with Crippen LogP contribution in [0.2, 0.25) is 0 Å². The number of carbonyl (C=O) groups is 1. The van der Waals surface area contributed by atoms with E-state index in [1.54, 1.807) is 12.1 Å². The van der Waals surface area contributed by atoms with Crippen molar-refractivity contribution in [1.82, 2.24) is 4.90 Å². The van der Waals surface area contributed by atoms with Gasteiger partial charge in [0.2, 0.25) is 5.91 Å². The summed E-state index contributed by atoms with van der Waals surface area (Å²) < 4.78 is 20.0. The van der Waals surface area contributed by atoms with Crippen molar-refractivity contribution >= 4 is 17.3 Å². The van der Waals surface area contributed by atoms with Gasteiger partial charge in [0.25, 0.3) is 0 Å². The van der Waals surface area contributed by atoms with Crippen molar-refractivity contribution in [2.75, 3.05) is 30.3 Å². The zero-order chi connectivity index (χ0) is 20.9. The number of halogens is 1. The van der Waals surface area contributed by atoms with E-state index in [4.69, 9.17) is 4.74 Å². The fourth-order valence-electron chi connectivity index (χ4n) is 4.24. The van der Waals surface area contributed by atoms with Gasteiger partial charge in [-0.3, -0.25) is 9.69 Å². The summed E-state index contributed by atoms with van der Waals surface area (Å²) in [5.74, 6) is 0.554. The average molecular weight is 412 g/mol. The average Bonchev–Trinajstić information content (AvgIpc) is 2.75. The van der Waals surface area contributed by atoms with Crippen LogP contribution in [0.25, 0.3) is 0 Å². The molecule has 2 heterocycles. The second kappa shape index (κ2) is 9.47. The lowest BCUT2D eigenvalue weighted by Gasteiger charge is -2.32. The van der Waals surface area contributed by atoms with Gasteiger partial charge >= 0.3 is 0 Å². The minimum atomic E-state index is -0.334. The van der Waals surface area contributed by atoms with Gasteiger partial charge in [-0.25, -0.2) is 4.39 Å². The Morgan fingerprint density at radius 2 is 2.10 bits per heavy atom. The lowest BCUT2D eigenvalue weighted by molar-refractivity contribution is -0.118. The molecule has 1 unspecified atom stereocenters. The van der Waals surface area contributed by atoms with Crippen LogP contribution in [0.1, 0.15) is 43.7 Å². The molecule has 6 heteroatoms. The normalized spacial score (nSPS) is 18.9. The molecule has 30 heavy (non-hydrogen) atoms. The van der Waals surface area contributed by atoms with Crippen molar-refractivity contribution in [1.29, 1.82) is 0 Å². The Bertz CT molecular complexity index is 902. The van der Waals surface area contributed by atoms with E-state index < -0.39 is 0 Å². The number of piperidine rings is 1. The standard InChI is InChI=1S/C24H30FN3O2/c1-17-5-2-3-11-28(17)16-24(29)27-20-8-9-21(25)22(14-20)26-15-18-7-10-23-19(13-18)6-4-12-30-23/h7-10,13-14,17,26H,2-6,11-12,15-16H2,1H3,(H,27,29). The van der Waals surface area contributed by atoms with Crippen molar-refractivity contribution in [2.24, 2.45) is 0 Å². The van der Waals surface area contributed by atoms with Crippen molar-refractivity contribution in [2.45, 2.75) is 51.6 Å². The molecule has 5 nitrogen and oxygen atoms in total. The van der Waals surface area contributed by atoms with Crippen LogP contribution in [0.15, 0.2) is 36.4 Å². The van der Waals surface area contributed by atoms with Gasteiger partial charge in [-0.2, -0.15) is 0 Å².